The lowest BCUT2D eigenvalue weighted by Gasteiger charge is -2.50. The summed E-state index contributed by atoms with van der Waals surface area (Å²) >= 11 is 0. The number of anilines is 2. The van der Waals surface area contributed by atoms with Gasteiger partial charge in [-0.1, -0.05) is 26.0 Å². The van der Waals surface area contributed by atoms with Gasteiger partial charge in [0.1, 0.15) is 5.82 Å². The predicted molar refractivity (Wildman–Crippen MR) is 187 cm³/mol. The van der Waals surface area contributed by atoms with Crippen LogP contribution < -0.4 is 10.2 Å². The summed E-state index contributed by atoms with van der Waals surface area (Å²) in [5.74, 6) is 1.88. The van der Waals surface area contributed by atoms with Crippen molar-refractivity contribution in [3.63, 3.8) is 0 Å². The molecule has 2 unspecified atom stereocenters. The van der Waals surface area contributed by atoms with Gasteiger partial charge in [0, 0.05) is 48.2 Å². The number of carboxylic acid groups (broad SMARTS) is 1. The molecule has 11 heteroatoms. The predicted octanol–water partition coefficient (Wildman–Crippen LogP) is 6.66. The van der Waals surface area contributed by atoms with Crippen LogP contribution >= 0.6 is 0 Å². The maximum Gasteiger partial charge on any atom is 0.355 e. The monoisotopic (exact) mass is 658 g/mol. The van der Waals surface area contributed by atoms with E-state index < -0.39 is 5.97 Å². The Balaban J connectivity index is 1.04. The molecule has 1 aromatic carbocycles. The quantitative estimate of drug-likeness (QED) is 0.199. The second kappa shape index (κ2) is 12.1. The van der Waals surface area contributed by atoms with E-state index in [2.05, 4.69) is 33.9 Å². The molecule has 0 saturated heterocycles. The molecule has 2 N–H and O–H groups in total. The summed E-state index contributed by atoms with van der Waals surface area (Å²) in [6, 6.07) is 13.1. The minimum absolute atomic E-state index is 0.00763. The number of carbonyl (C=O) groups excluding carboxylic acids is 1. The Labute approximate surface area is 285 Å². The molecular weight excluding hydrogens is 616 g/mol. The third-order valence-electron chi connectivity index (χ3n) is 11.0. The Morgan fingerprint density at radius 1 is 0.980 bits per heavy atom. The highest BCUT2D eigenvalue weighted by Gasteiger charge is 2.44. The van der Waals surface area contributed by atoms with Crippen LogP contribution in [0.3, 0.4) is 0 Å². The maximum atomic E-state index is 13.5. The average Bonchev–Trinajstić information content (AvgIpc) is 3.64. The van der Waals surface area contributed by atoms with Crippen molar-refractivity contribution in [3.05, 3.63) is 89.1 Å². The topological polar surface area (TPSA) is 131 Å². The first-order chi connectivity index (χ1) is 23.6. The van der Waals surface area contributed by atoms with Gasteiger partial charge in [0.15, 0.2) is 17.2 Å². The summed E-state index contributed by atoms with van der Waals surface area (Å²) in [6.07, 6.45) is 12.2. The first kappa shape index (κ1) is 31.2. The van der Waals surface area contributed by atoms with Crippen LogP contribution in [0, 0.1) is 30.1 Å². The molecule has 252 valence electrons. The van der Waals surface area contributed by atoms with E-state index in [1.807, 2.05) is 54.4 Å². The van der Waals surface area contributed by atoms with Crippen LogP contribution in [0.2, 0.25) is 0 Å². The fraction of sp³-hybridized carbons (Fsp3) is 0.421. The molecule has 4 aromatic heterocycles. The minimum Gasteiger partial charge on any atom is -0.476 e. The zero-order valence-electron chi connectivity index (χ0n) is 28.3. The van der Waals surface area contributed by atoms with E-state index in [0.717, 1.165) is 46.7 Å². The number of imidazole rings is 1. The van der Waals surface area contributed by atoms with E-state index >= 15 is 0 Å². The van der Waals surface area contributed by atoms with Gasteiger partial charge in [-0.15, -0.1) is 0 Å². The summed E-state index contributed by atoms with van der Waals surface area (Å²) in [4.78, 5) is 37.4. The molecule has 2 bridgehead atoms. The Hall–Kier alpha value is -5.06. The van der Waals surface area contributed by atoms with Crippen molar-refractivity contribution in [3.8, 4) is 11.1 Å². The zero-order chi connectivity index (χ0) is 33.9. The summed E-state index contributed by atoms with van der Waals surface area (Å²) in [5.41, 5.74) is 5.78. The lowest BCUT2D eigenvalue weighted by molar-refractivity contribution is 0.00176. The number of hydrogen-bond donors (Lipinski definition) is 2. The zero-order valence-corrected chi connectivity index (χ0v) is 28.3. The van der Waals surface area contributed by atoms with Crippen molar-refractivity contribution >= 4 is 29.2 Å². The smallest absolute Gasteiger partial charge is 0.355 e. The molecule has 2 saturated carbocycles. The van der Waals surface area contributed by atoms with Crippen LogP contribution in [-0.2, 0) is 19.5 Å². The Bertz CT molecular complexity index is 2030. The van der Waals surface area contributed by atoms with E-state index in [1.54, 1.807) is 23.0 Å². The molecule has 8 rings (SSSR count). The van der Waals surface area contributed by atoms with Gasteiger partial charge in [0.05, 0.1) is 12.4 Å². The molecule has 0 spiro atoms. The highest BCUT2D eigenvalue weighted by molar-refractivity contribution is 6.05. The molecule has 1 amide bonds. The molecule has 2 fully saturated rings. The molecular formula is C38H42N8O3. The summed E-state index contributed by atoms with van der Waals surface area (Å²) < 4.78 is 3.72. The molecule has 5 heterocycles. The standard InChI is InChI=1S/C38H42N8O3/c1-23-14-26-15-24(2)17-38(16-23,18-26)22-46-25(3)30(19-40-46)28-9-10-33(43-35(28)37(48)49)44-13-11-27-6-4-7-29(31(27)20-44)36(47)42-32-21-45-34(41-32)8-5-12-39-45/h4-10,12,19,21,23-24,26H,11,13-18,20,22H2,1-3H3,(H,42,47)(H,48,49). The van der Waals surface area contributed by atoms with Gasteiger partial charge in [0.25, 0.3) is 5.91 Å². The number of aromatic nitrogens is 6. The number of hydrogen-bond acceptors (Lipinski definition) is 7. The fourth-order valence-electron chi connectivity index (χ4n) is 9.36. The van der Waals surface area contributed by atoms with Crippen molar-refractivity contribution in [1.29, 1.82) is 0 Å². The van der Waals surface area contributed by atoms with Gasteiger partial charge < -0.3 is 15.3 Å². The van der Waals surface area contributed by atoms with Gasteiger partial charge in [-0.05, 0) is 110 Å². The third kappa shape index (κ3) is 5.85. The molecule has 2 atom stereocenters. The summed E-state index contributed by atoms with van der Waals surface area (Å²) in [5, 5.41) is 22.3. The van der Waals surface area contributed by atoms with Crippen LogP contribution in [0.5, 0.6) is 0 Å². The fourth-order valence-corrected chi connectivity index (χ4v) is 9.36. The van der Waals surface area contributed by atoms with Crippen molar-refractivity contribution in [2.75, 3.05) is 16.8 Å². The number of fused-ring (bicyclic) bond motifs is 4. The van der Waals surface area contributed by atoms with E-state index in [4.69, 9.17) is 10.1 Å². The first-order valence-corrected chi connectivity index (χ1v) is 17.4. The number of carboxylic acids is 1. The van der Waals surface area contributed by atoms with Gasteiger partial charge in [-0.25, -0.2) is 19.3 Å². The summed E-state index contributed by atoms with van der Waals surface area (Å²) in [6.45, 7) is 8.77. The van der Waals surface area contributed by atoms with Crippen molar-refractivity contribution in [2.45, 2.75) is 72.4 Å². The number of aromatic carboxylic acids is 1. The van der Waals surface area contributed by atoms with Gasteiger partial charge >= 0.3 is 5.97 Å². The highest BCUT2D eigenvalue weighted by Crippen LogP contribution is 2.53. The van der Waals surface area contributed by atoms with Crippen LogP contribution in [0.25, 0.3) is 16.8 Å². The van der Waals surface area contributed by atoms with E-state index in [1.165, 1.54) is 32.1 Å². The molecule has 3 aliphatic rings. The van der Waals surface area contributed by atoms with E-state index in [-0.39, 0.29) is 17.0 Å². The van der Waals surface area contributed by atoms with Crippen LogP contribution in [0.1, 0.15) is 83.6 Å². The number of rotatable bonds is 7. The molecule has 0 radical (unpaired) electrons. The van der Waals surface area contributed by atoms with Crippen molar-refractivity contribution in [1.82, 2.24) is 29.4 Å². The molecule has 2 aliphatic carbocycles. The lowest BCUT2D eigenvalue weighted by Crippen LogP contribution is -2.42. The normalized spacial score (nSPS) is 23.3. The van der Waals surface area contributed by atoms with Gasteiger partial charge in [-0.3, -0.25) is 9.48 Å². The van der Waals surface area contributed by atoms with Gasteiger partial charge in [-0.2, -0.15) is 10.2 Å². The summed E-state index contributed by atoms with van der Waals surface area (Å²) in [7, 11) is 0. The van der Waals surface area contributed by atoms with Crippen LogP contribution in [-0.4, -0.2) is 52.9 Å². The Morgan fingerprint density at radius 3 is 2.57 bits per heavy atom. The third-order valence-corrected chi connectivity index (χ3v) is 11.0. The Morgan fingerprint density at radius 2 is 1.80 bits per heavy atom. The number of amides is 1. The maximum absolute atomic E-state index is 13.5. The van der Waals surface area contributed by atoms with Gasteiger partial charge in [0.2, 0.25) is 0 Å². The number of nitrogens with zero attached hydrogens (tertiary/aromatic N) is 7. The molecule has 49 heavy (non-hydrogen) atoms. The van der Waals surface area contributed by atoms with Crippen molar-refractivity contribution in [2.24, 2.45) is 23.2 Å². The molecule has 5 aromatic rings. The number of benzene rings is 1. The highest BCUT2D eigenvalue weighted by atomic mass is 16.4. The van der Waals surface area contributed by atoms with E-state index in [9.17, 15) is 14.7 Å². The number of nitrogens with one attached hydrogen (secondary N) is 1. The number of carbonyl (C=O) groups is 2. The number of pyridine rings is 1. The molecule has 11 nitrogen and oxygen atoms in total. The van der Waals surface area contributed by atoms with Crippen molar-refractivity contribution < 1.29 is 14.7 Å². The van der Waals surface area contributed by atoms with E-state index in [0.29, 0.717) is 47.9 Å². The SMILES string of the molecule is Cc1c(-c2ccc(N3CCc4cccc(C(=O)Nc5cn6ncccc6n5)c4C3)nc2C(=O)O)cnn1CC12CC(C)CC(CC(C)C1)C2. The largest absolute Gasteiger partial charge is 0.476 e. The average molecular weight is 659 g/mol. The molecule has 1 aliphatic heterocycles. The minimum atomic E-state index is -1.08. The van der Waals surface area contributed by atoms with Crippen LogP contribution in [0.4, 0.5) is 11.6 Å². The van der Waals surface area contributed by atoms with Crippen LogP contribution in [0.15, 0.2) is 61.1 Å². The second-order valence-corrected chi connectivity index (χ2v) is 14.9. The first-order valence-electron chi connectivity index (χ1n) is 17.4. The Kier molecular flexibility index (Phi) is 7.72. The second-order valence-electron chi connectivity index (χ2n) is 14.9. The lowest BCUT2D eigenvalue weighted by atomic mass is 9.57.